The van der Waals surface area contributed by atoms with Gasteiger partial charge in [-0.05, 0) is 38.0 Å². The van der Waals surface area contributed by atoms with E-state index in [-0.39, 0.29) is 5.78 Å². The molecule has 1 aliphatic rings. The van der Waals surface area contributed by atoms with Gasteiger partial charge in [0.1, 0.15) is 0 Å². The van der Waals surface area contributed by atoms with Crippen LogP contribution in [0.2, 0.25) is 0 Å². The summed E-state index contributed by atoms with van der Waals surface area (Å²) in [5, 5.41) is 0. The molecule has 1 aromatic carbocycles. The Hall–Kier alpha value is -1.55. The molecule has 0 amide bonds. The summed E-state index contributed by atoms with van der Waals surface area (Å²) in [6.45, 7) is 3.10. The van der Waals surface area contributed by atoms with Crippen LogP contribution in [0, 0.1) is 0 Å². The molecule has 1 fully saturated rings. The van der Waals surface area contributed by atoms with Gasteiger partial charge in [0.05, 0.1) is 6.61 Å². The molecule has 1 aromatic rings. The third-order valence-corrected chi connectivity index (χ3v) is 3.27. The lowest BCUT2D eigenvalue weighted by atomic mass is 10.1. The molecule has 0 heterocycles. The molecule has 0 spiro atoms. The number of carbonyl (C=O) groups is 1. The largest absolute Gasteiger partial charge is 0.398 e. The van der Waals surface area contributed by atoms with Crippen molar-refractivity contribution >= 4 is 17.2 Å². The van der Waals surface area contributed by atoms with Gasteiger partial charge in [-0.25, -0.2) is 0 Å². The van der Waals surface area contributed by atoms with E-state index in [9.17, 15) is 4.79 Å². The van der Waals surface area contributed by atoms with Crippen molar-refractivity contribution in [2.75, 3.05) is 30.9 Å². The highest BCUT2D eigenvalue weighted by Crippen LogP contribution is 2.33. The quantitative estimate of drug-likeness (QED) is 0.618. The van der Waals surface area contributed by atoms with E-state index in [1.54, 1.807) is 7.11 Å². The maximum absolute atomic E-state index is 11.4. The average Bonchev–Trinajstić information content (AvgIpc) is 3.13. The number of anilines is 2. The number of Topliss-reactive ketones (excluding diaryl/α,β-unsaturated/α-hetero) is 1. The van der Waals surface area contributed by atoms with E-state index in [2.05, 4.69) is 4.90 Å². The lowest BCUT2D eigenvalue weighted by Crippen LogP contribution is -2.29. The van der Waals surface area contributed by atoms with Crippen LogP contribution in [0.4, 0.5) is 11.4 Å². The molecule has 0 saturated heterocycles. The number of nitrogens with two attached hydrogens (primary N) is 1. The normalized spacial score (nSPS) is 14.6. The van der Waals surface area contributed by atoms with Crippen LogP contribution in [-0.2, 0) is 4.74 Å². The Morgan fingerprint density at radius 2 is 2.22 bits per heavy atom. The predicted octanol–water partition coefficient (Wildman–Crippen LogP) is 2.09. The van der Waals surface area contributed by atoms with E-state index in [0.717, 1.165) is 12.2 Å². The summed E-state index contributed by atoms with van der Waals surface area (Å²) < 4.78 is 5.14. The molecule has 1 aliphatic carbocycles. The number of nitrogens with zero attached hydrogens (tertiary/aromatic N) is 1. The Balaban J connectivity index is 2.19. The molecule has 0 radical (unpaired) electrons. The fraction of sp³-hybridized carbons (Fsp3) is 0.500. The van der Waals surface area contributed by atoms with E-state index >= 15 is 0 Å². The molecular formula is C14H20N2O2. The minimum absolute atomic E-state index is 0.00825. The highest BCUT2D eigenvalue weighted by atomic mass is 16.5. The Kier molecular flexibility index (Phi) is 3.87. The minimum atomic E-state index is 0.00825. The maximum Gasteiger partial charge on any atom is 0.161 e. The number of methoxy groups -OCH3 is 1. The second-order valence-corrected chi connectivity index (χ2v) is 4.75. The van der Waals surface area contributed by atoms with Crippen molar-refractivity contribution in [2.24, 2.45) is 0 Å². The molecule has 2 rings (SSSR count). The second-order valence-electron chi connectivity index (χ2n) is 4.75. The smallest absolute Gasteiger partial charge is 0.161 e. The van der Waals surface area contributed by atoms with E-state index < -0.39 is 0 Å². The van der Waals surface area contributed by atoms with Crippen LogP contribution in [0.5, 0.6) is 0 Å². The summed E-state index contributed by atoms with van der Waals surface area (Å²) >= 11 is 0. The molecule has 0 unspecified atom stereocenters. The minimum Gasteiger partial charge on any atom is -0.398 e. The van der Waals surface area contributed by atoms with Crippen molar-refractivity contribution in [1.82, 2.24) is 0 Å². The van der Waals surface area contributed by atoms with Gasteiger partial charge in [-0.3, -0.25) is 4.79 Å². The first kappa shape index (κ1) is 12.9. The number of carbonyl (C=O) groups excluding carboxylic acids is 1. The topological polar surface area (TPSA) is 55.6 Å². The monoisotopic (exact) mass is 248 g/mol. The fourth-order valence-electron chi connectivity index (χ4n) is 2.15. The van der Waals surface area contributed by atoms with Gasteiger partial charge in [-0.15, -0.1) is 0 Å². The van der Waals surface area contributed by atoms with Gasteiger partial charge in [0.2, 0.25) is 0 Å². The van der Waals surface area contributed by atoms with Crippen LogP contribution in [0.15, 0.2) is 18.2 Å². The third-order valence-electron chi connectivity index (χ3n) is 3.27. The standard InChI is InChI=1S/C14H20N2O2/c1-10(17)13-6-5-12(9-14(13)15)16(7-8-18-2)11-3-4-11/h5-6,9,11H,3-4,7-8,15H2,1-2H3. The Morgan fingerprint density at radius 1 is 1.50 bits per heavy atom. The molecule has 0 aliphatic heterocycles. The Morgan fingerprint density at radius 3 is 2.72 bits per heavy atom. The van der Waals surface area contributed by atoms with Crippen molar-refractivity contribution in [3.8, 4) is 0 Å². The number of ketones is 1. The van der Waals surface area contributed by atoms with E-state index in [1.165, 1.54) is 19.8 Å². The van der Waals surface area contributed by atoms with Gasteiger partial charge < -0.3 is 15.4 Å². The van der Waals surface area contributed by atoms with Crippen LogP contribution < -0.4 is 10.6 Å². The van der Waals surface area contributed by atoms with Gasteiger partial charge in [0, 0.05) is 36.6 Å². The highest BCUT2D eigenvalue weighted by Gasteiger charge is 2.29. The van der Waals surface area contributed by atoms with E-state index in [4.69, 9.17) is 10.5 Å². The number of benzene rings is 1. The SMILES string of the molecule is COCCN(c1ccc(C(C)=O)c(N)c1)C1CC1. The first-order valence-electron chi connectivity index (χ1n) is 6.29. The third kappa shape index (κ3) is 2.82. The second kappa shape index (κ2) is 5.40. The molecule has 4 nitrogen and oxygen atoms in total. The van der Waals surface area contributed by atoms with E-state index in [0.29, 0.717) is 23.9 Å². The number of hydrogen-bond donors (Lipinski definition) is 1. The summed E-state index contributed by atoms with van der Waals surface area (Å²) in [6, 6.07) is 6.28. The molecule has 1 saturated carbocycles. The zero-order valence-electron chi connectivity index (χ0n) is 11.0. The summed E-state index contributed by atoms with van der Waals surface area (Å²) in [4.78, 5) is 13.7. The Bertz CT molecular complexity index is 441. The van der Waals surface area contributed by atoms with E-state index in [1.807, 2.05) is 18.2 Å². The molecular weight excluding hydrogens is 228 g/mol. The number of nitrogen functional groups attached to an aromatic ring is 1. The zero-order chi connectivity index (χ0) is 13.1. The lowest BCUT2D eigenvalue weighted by Gasteiger charge is -2.25. The van der Waals surface area contributed by atoms with Gasteiger partial charge >= 0.3 is 0 Å². The summed E-state index contributed by atoms with van der Waals surface area (Å²) in [6.07, 6.45) is 2.44. The van der Waals surface area contributed by atoms with Crippen molar-refractivity contribution in [2.45, 2.75) is 25.8 Å². The number of hydrogen-bond acceptors (Lipinski definition) is 4. The Labute approximate surface area is 108 Å². The van der Waals surface area contributed by atoms with Gasteiger partial charge in [-0.1, -0.05) is 0 Å². The van der Waals surface area contributed by atoms with Crippen molar-refractivity contribution in [3.05, 3.63) is 23.8 Å². The average molecular weight is 248 g/mol. The number of rotatable bonds is 6. The molecule has 2 N–H and O–H groups in total. The first-order chi connectivity index (χ1) is 8.63. The first-order valence-corrected chi connectivity index (χ1v) is 6.29. The van der Waals surface area contributed by atoms with Gasteiger partial charge in [-0.2, -0.15) is 0 Å². The lowest BCUT2D eigenvalue weighted by molar-refractivity contribution is 0.101. The highest BCUT2D eigenvalue weighted by molar-refractivity contribution is 5.99. The van der Waals surface area contributed by atoms with Crippen LogP contribution in [0.25, 0.3) is 0 Å². The molecule has 0 aromatic heterocycles. The van der Waals surface area contributed by atoms with Crippen LogP contribution in [-0.4, -0.2) is 32.1 Å². The van der Waals surface area contributed by atoms with Crippen LogP contribution >= 0.6 is 0 Å². The maximum atomic E-state index is 11.4. The number of ether oxygens (including phenoxy) is 1. The van der Waals surface area contributed by atoms with Crippen molar-refractivity contribution in [1.29, 1.82) is 0 Å². The molecule has 0 bridgehead atoms. The summed E-state index contributed by atoms with van der Waals surface area (Å²) in [5.74, 6) is 0.00825. The van der Waals surface area contributed by atoms with Gasteiger partial charge in [0.15, 0.2) is 5.78 Å². The van der Waals surface area contributed by atoms with Crippen molar-refractivity contribution < 1.29 is 9.53 Å². The summed E-state index contributed by atoms with van der Waals surface area (Å²) in [7, 11) is 1.71. The van der Waals surface area contributed by atoms with Gasteiger partial charge in [0.25, 0.3) is 0 Å². The molecule has 18 heavy (non-hydrogen) atoms. The molecule has 4 heteroatoms. The molecule has 98 valence electrons. The van der Waals surface area contributed by atoms with Crippen molar-refractivity contribution in [3.63, 3.8) is 0 Å². The zero-order valence-corrected chi connectivity index (χ0v) is 11.0. The van der Waals surface area contributed by atoms with Crippen LogP contribution in [0.1, 0.15) is 30.1 Å². The molecule has 0 atom stereocenters. The summed E-state index contributed by atoms with van der Waals surface area (Å²) in [5.41, 5.74) is 8.17. The van der Waals surface area contributed by atoms with Crippen LogP contribution in [0.3, 0.4) is 0 Å². The fourth-order valence-corrected chi connectivity index (χ4v) is 2.15. The predicted molar refractivity (Wildman–Crippen MR) is 73.1 cm³/mol.